The minimum absolute atomic E-state index is 0.0384. The largest absolute Gasteiger partial charge is 0.337 e. The fourth-order valence-electron chi connectivity index (χ4n) is 1.63. The van der Waals surface area contributed by atoms with Crippen LogP contribution in [0.1, 0.15) is 32.1 Å². The van der Waals surface area contributed by atoms with E-state index in [1.165, 1.54) is 4.90 Å². The molecule has 1 saturated heterocycles. The van der Waals surface area contributed by atoms with Crippen molar-refractivity contribution in [3.63, 3.8) is 0 Å². The molecule has 1 aromatic rings. The number of hydrogen-bond donors (Lipinski definition) is 0. The van der Waals surface area contributed by atoms with Crippen molar-refractivity contribution in [3.8, 4) is 0 Å². The first-order chi connectivity index (χ1) is 8.29. The summed E-state index contributed by atoms with van der Waals surface area (Å²) in [6.07, 6.45) is -0.155. The molecule has 1 fully saturated rings. The molecule has 18 heavy (non-hydrogen) atoms. The second-order valence-corrected chi connectivity index (χ2v) is 7.30. The van der Waals surface area contributed by atoms with Gasteiger partial charge < -0.3 is 4.52 Å². The van der Waals surface area contributed by atoms with Gasteiger partial charge in [-0.15, -0.1) is 0 Å². The zero-order chi connectivity index (χ0) is 13.5. The fraction of sp³-hybridized carbons (Fsp3) is 0.667. The number of rotatable bonds is 3. The number of nitrogens with zero attached hydrogens (tertiary/aromatic N) is 3. The maximum Gasteiger partial charge on any atom is 0.272 e. The van der Waals surface area contributed by atoms with Gasteiger partial charge in [0.05, 0.1) is 0 Å². The summed E-state index contributed by atoms with van der Waals surface area (Å²) in [6.45, 7) is 3.70. The number of halogens is 1. The third-order valence-electron chi connectivity index (χ3n) is 2.65. The van der Waals surface area contributed by atoms with Gasteiger partial charge >= 0.3 is 0 Å². The maximum atomic E-state index is 11.7. The van der Waals surface area contributed by atoms with Crippen LogP contribution in [0.2, 0.25) is 0 Å². The second kappa shape index (κ2) is 4.51. The van der Waals surface area contributed by atoms with Gasteiger partial charge in [-0.25, -0.2) is 8.42 Å². The molecule has 0 aromatic carbocycles. The molecule has 1 aliphatic heterocycles. The highest BCUT2D eigenvalue weighted by atomic mass is 35.7. The minimum atomic E-state index is -3.76. The van der Waals surface area contributed by atoms with Crippen LogP contribution in [0, 0.1) is 0 Å². The van der Waals surface area contributed by atoms with E-state index in [1.54, 1.807) is 0 Å². The minimum Gasteiger partial charge on any atom is -0.337 e. The molecule has 7 nitrogen and oxygen atoms in total. The second-order valence-electron chi connectivity index (χ2n) is 4.39. The molecular formula is C9H12ClN3O4S. The molecule has 0 radical (unpaired) electrons. The Hall–Kier alpha value is -1.15. The van der Waals surface area contributed by atoms with Gasteiger partial charge in [0.2, 0.25) is 20.8 Å². The highest BCUT2D eigenvalue weighted by Gasteiger charge is 2.39. The van der Waals surface area contributed by atoms with Crippen LogP contribution in [-0.2, 0) is 13.8 Å². The molecule has 100 valence electrons. The van der Waals surface area contributed by atoms with Crippen molar-refractivity contribution in [1.29, 1.82) is 0 Å². The third kappa shape index (κ3) is 2.49. The van der Waals surface area contributed by atoms with Crippen molar-refractivity contribution in [2.24, 2.45) is 0 Å². The van der Waals surface area contributed by atoms with Crippen LogP contribution in [0.25, 0.3) is 0 Å². The van der Waals surface area contributed by atoms with Crippen LogP contribution in [0.15, 0.2) is 4.52 Å². The average Bonchev–Trinajstić information content (AvgIpc) is 2.81. The van der Waals surface area contributed by atoms with Crippen LogP contribution in [0.5, 0.6) is 0 Å². The normalized spacial score (nSPS) is 21.0. The number of anilines is 1. The molecular weight excluding hydrogens is 282 g/mol. The molecule has 0 N–H and O–H groups in total. The predicted octanol–water partition coefficient (Wildman–Crippen LogP) is 0.867. The number of carbonyl (C=O) groups excluding carboxylic acids is 1. The molecule has 0 spiro atoms. The zero-order valence-corrected chi connectivity index (χ0v) is 11.4. The SMILES string of the molecule is CC(C)c1nc(N2CC(S(=O)(=O)Cl)CC2=O)no1. The van der Waals surface area contributed by atoms with Gasteiger partial charge in [-0.05, 0) is 5.16 Å². The summed E-state index contributed by atoms with van der Waals surface area (Å²) in [5, 5.41) is 2.74. The van der Waals surface area contributed by atoms with Crippen LogP contribution >= 0.6 is 10.7 Å². The van der Waals surface area contributed by atoms with E-state index in [2.05, 4.69) is 10.1 Å². The highest BCUT2D eigenvalue weighted by Crippen LogP contribution is 2.25. The van der Waals surface area contributed by atoms with Crippen LogP contribution in [0.3, 0.4) is 0 Å². The molecule has 1 aromatic heterocycles. The molecule has 1 unspecified atom stereocenters. The van der Waals surface area contributed by atoms with Crippen LogP contribution in [0.4, 0.5) is 5.95 Å². The van der Waals surface area contributed by atoms with E-state index in [-0.39, 0.29) is 30.7 Å². The quantitative estimate of drug-likeness (QED) is 0.768. The topological polar surface area (TPSA) is 93.4 Å². The van der Waals surface area contributed by atoms with Crippen molar-refractivity contribution >= 4 is 31.6 Å². The number of carbonyl (C=O) groups is 1. The Kier molecular flexibility index (Phi) is 3.33. The Morgan fingerprint density at radius 1 is 1.50 bits per heavy atom. The molecule has 1 aliphatic rings. The van der Waals surface area contributed by atoms with Gasteiger partial charge in [-0.3, -0.25) is 9.69 Å². The molecule has 1 atom stereocenters. The van der Waals surface area contributed by atoms with Crippen molar-refractivity contribution < 1.29 is 17.7 Å². The number of amides is 1. The lowest BCUT2D eigenvalue weighted by atomic mass is 10.2. The van der Waals surface area contributed by atoms with E-state index >= 15 is 0 Å². The van der Waals surface area contributed by atoms with Gasteiger partial charge in [-0.2, -0.15) is 4.98 Å². The summed E-state index contributed by atoms with van der Waals surface area (Å²) in [5.74, 6) is 0.151. The molecule has 0 aliphatic carbocycles. The first-order valence-electron chi connectivity index (χ1n) is 5.36. The van der Waals surface area contributed by atoms with Gasteiger partial charge in [-0.1, -0.05) is 13.8 Å². The zero-order valence-electron chi connectivity index (χ0n) is 9.83. The summed E-state index contributed by atoms with van der Waals surface area (Å²) in [4.78, 5) is 16.9. The van der Waals surface area contributed by atoms with Crippen molar-refractivity contribution in [2.75, 3.05) is 11.4 Å². The van der Waals surface area contributed by atoms with E-state index in [9.17, 15) is 13.2 Å². The molecule has 9 heteroatoms. The van der Waals surface area contributed by atoms with Crippen LogP contribution in [-0.4, -0.2) is 36.3 Å². The standard InChI is InChI=1S/C9H12ClN3O4S/c1-5(2)8-11-9(12-17-8)13-4-6(3-7(13)14)18(10,15)16/h5-6H,3-4H2,1-2H3. The van der Waals surface area contributed by atoms with Crippen molar-refractivity contribution in [3.05, 3.63) is 5.89 Å². The lowest BCUT2D eigenvalue weighted by Gasteiger charge is -2.09. The molecule has 2 heterocycles. The first-order valence-corrected chi connectivity index (χ1v) is 7.73. The van der Waals surface area contributed by atoms with Gasteiger partial charge in [0.25, 0.3) is 5.95 Å². The van der Waals surface area contributed by atoms with E-state index in [4.69, 9.17) is 15.2 Å². The Labute approximate surface area is 109 Å². The van der Waals surface area contributed by atoms with Crippen molar-refractivity contribution in [1.82, 2.24) is 10.1 Å². The van der Waals surface area contributed by atoms with Crippen LogP contribution < -0.4 is 4.90 Å². The smallest absolute Gasteiger partial charge is 0.272 e. The average molecular weight is 294 g/mol. The Morgan fingerprint density at radius 3 is 2.61 bits per heavy atom. The monoisotopic (exact) mass is 293 g/mol. The summed E-state index contributed by atoms with van der Waals surface area (Å²) in [7, 11) is 1.48. The number of hydrogen-bond acceptors (Lipinski definition) is 6. The summed E-state index contributed by atoms with van der Waals surface area (Å²) >= 11 is 0. The lowest BCUT2D eigenvalue weighted by molar-refractivity contribution is -0.117. The van der Waals surface area contributed by atoms with E-state index in [1.807, 2.05) is 13.8 Å². The molecule has 0 saturated carbocycles. The van der Waals surface area contributed by atoms with Gasteiger partial charge in [0.15, 0.2) is 0 Å². The summed E-state index contributed by atoms with van der Waals surface area (Å²) in [6, 6.07) is 0. The van der Waals surface area contributed by atoms with E-state index < -0.39 is 14.3 Å². The molecule has 2 rings (SSSR count). The Morgan fingerprint density at radius 2 is 2.17 bits per heavy atom. The molecule has 1 amide bonds. The lowest BCUT2D eigenvalue weighted by Crippen LogP contribution is -2.27. The van der Waals surface area contributed by atoms with Gasteiger partial charge in [0.1, 0.15) is 5.25 Å². The summed E-state index contributed by atoms with van der Waals surface area (Å²) in [5.41, 5.74) is 0. The van der Waals surface area contributed by atoms with Gasteiger partial charge in [0, 0.05) is 29.6 Å². The molecule has 0 bridgehead atoms. The van der Waals surface area contributed by atoms with E-state index in [0.717, 1.165) is 0 Å². The Balaban J connectivity index is 2.22. The predicted molar refractivity (Wildman–Crippen MR) is 63.9 cm³/mol. The maximum absolute atomic E-state index is 11.7. The Bertz CT molecular complexity index is 568. The summed E-state index contributed by atoms with van der Waals surface area (Å²) < 4.78 is 27.4. The fourth-order valence-corrected chi connectivity index (χ4v) is 2.65. The number of aromatic nitrogens is 2. The highest BCUT2D eigenvalue weighted by molar-refractivity contribution is 8.14. The third-order valence-corrected chi connectivity index (χ3v) is 4.52. The first kappa shape index (κ1) is 13.3. The van der Waals surface area contributed by atoms with E-state index in [0.29, 0.717) is 5.89 Å². The van der Waals surface area contributed by atoms with Crippen molar-refractivity contribution in [2.45, 2.75) is 31.4 Å².